The molecule has 0 saturated carbocycles. The van der Waals surface area contributed by atoms with Crippen molar-refractivity contribution < 1.29 is 19.2 Å². The molecule has 2 bridgehead atoms. The predicted molar refractivity (Wildman–Crippen MR) is 130 cm³/mol. The van der Waals surface area contributed by atoms with E-state index in [1.807, 2.05) is 13.8 Å². The summed E-state index contributed by atoms with van der Waals surface area (Å²) in [5.74, 6) is -0.710. The van der Waals surface area contributed by atoms with E-state index in [2.05, 4.69) is 31.3 Å². The molecule has 2 aliphatic heterocycles. The number of carbonyl (C=O) groups excluding carboxylic acids is 4. The summed E-state index contributed by atoms with van der Waals surface area (Å²) in [4.78, 5) is 54.2. The lowest BCUT2D eigenvalue weighted by Crippen LogP contribution is -2.57. The highest BCUT2D eigenvalue weighted by molar-refractivity contribution is 7.82. The number of tetrazole rings is 1. The Morgan fingerprint density at radius 2 is 2.03 bits per heavy atom. The van der Waals surface area contributed by atoms with E-state index in [-0.39, 0.29) is 41.0 Å². The van der Waals surface area contributed by atoms with Crippen LogP contribution >= 0.6 is 12.2 Å². The molecular weight excluding hydrogens is 472 g/mol. The molecule has 12 nitrogen and oxygen atoms in total. The average Bonchev–Trinajstić information content (AvgIpc) is 3.49. The van der Waals surface area contributed by atoms with Crippen LogP contribution in [0.3, 0.4) is 0 Å². The van der Waals surface area contributed by atoms with Crippen molar-refractivity contribution in [1.29, 1.82) is 0 Å². The third kappa shape index (κ3) is 7.03. The number of nitrogens with one attached hydrogen (secondary N) is 3. The number of thiocarbonyl (C=S) groups is 1. The first-order valence-corrected chi connectivity index (χ1v) is 12.5. The highest BCUT2D eigenvalue weighted by Gasteiger charge is 2.44. The number of H-pyrrole nitrogens is 1. The minimum Gasteiger partial charge on any atom is -0.344 e. The van der Waals surface area contributed by atoms with Crippen LogP contribution in [0.2, 0.25) is 0 Å². The van der Waals surface area contributed by atoms with Crippen LogP contribution < -0.4 is 10.6 Å². The first kappa shape index (κ1) is 26.6. The lowest BCUT2D eigenvalue weighted by molar-refractivity contribution is -0.145. The average molecular weight is 507 g/mol. The number of aromatic amines is 1. The summed E-state index contributed by atoms with van der Waals surface area (Å²) in [6.07, 6.45) is 4.59. The van der Waals surface area contributed by atoms with Gasteiger partial charge in [0.25, 0.3) is 5.91 Å². The Hall–Kier alpha value is -2.96. The van der Waals surface area contributed by atoms with Gasteiger partial charge in [-0.05, 0) is 54.4 Å². The number of likely N-dealkylation sites (tertiary alicyclic amines) is 2. The number of nitrogens with zero attached hydrogens (tertiary/aromatic N) is 5. The van der Waals surface area contributed by atoms with Crippen molar-refractivity contribution in [3.63, 3.8) is 0 Å². The molecule has 0 aliphatic carbocycles. The molecule has 0 unspecified atom stereocenters. The molecular formula is C22H34N8O4S. The molecule has 35 heavy (non-hydrogen) atoms. The number of aryl methyl sites for hydroxylation is 1. The van der Waals surface area contributed by atoms with Gasteiger partial charge in [-0.15, -0.1) is 5.10 Å². The summed E-state index contributed by atoms with van der Waals surface area (Å²) in [7, 11) is 1.76. The van der Waals surface area contributed by atoms with Crippen LogP contribution in [0.25, 0.3) is 0 Å². The van der Waals surface area contributed by atoms with Crippen molar-refractivity contribution in [2.24, 2.45) is 11.8 Å². The van der Waals surface area contributed by atoms with Gasteiger partial charge >= 0.3 is 0 Å². The molecule has 0 aromatic carbocycles. The SMILES string of the molecule is CC(C)[C@H](NC(=O)C(=S)NC(=O)CCCCc1nnn[nH]1)C(=O)N1C[C@@H]2CCCN(C)C(=O)[C@H]1C2. The standard InChI is InChI=1S/C22H34N8O4S/c1-13(2)18(22(34)30-12-14-7-6-10-29(3)21(33)15(30)11-14)24-19(32)20(35)23-17(31)9-5-4-8-16-25-27-28-26-16/h13-15,18H,4-12H2,1-3H3,(H,24,32)(H,23,31,35)(H,25,26,27,28)/t14-,15-,18+/m1/s1. The summed E-state index contributed by atoms with van der Waals surface area (Å²) in [6, 6.07) is -1.36. The number of carbonyl (C=O) groups is 4. The second-order valence-corrected chi connectivity index (χ2v) is 10.0. The van der Waals surface area contributed by atoms with E-state index in [1.54, 1.807) is 16.8 Å². The first-order chi connectivity index (χ1) is 16.7. The maximum atomic E-state index is 13.5. The van der Waals surface area contributed by atoms with Gasteiger partial charge in [-0.2, -0.15) is 0 Å². The minimum absolute atomic E-state index is 0.0586. The zero-order chi connectivity index (χ0) is 25.5. The van der Waals surface area contributed by atoms with Crippen molar-refractivity contribution in [2.45, 2.75) is 70.9 Å². The normalized spacial score (nSPS) is 20.9. The van der Waals surface area contributed by atoms with Crippen molar-refractivity contribution in [1.82, 2.24) is 41.1 Å². The number of hydrogen-bond donors (Lipinski definition) is 3. The van der Waals surface area contributed by atoms with Crippen LogP contribution in [0.4, 0.5) is 0 Å². The van der Waals surface area contributed by atoms with E-state index in [1.165, 1.54) is 0 Å². The van der Waals surface area contributed by atoms with Gasteiger partial charge < -0.3 is 20.4 Å². The molecule has 0 spiro atoms. The smallest absolute Gasteiger partial charge is 0.279 e. The van der Waals surface area contributed by atoms with Gasteiger partial charge in [-0.1, -0.05) is 26.1 Å². The quantitative estimate of drug-likeness (QED) is 0.328. The van der Waals surface area contributed by atoms with E-state index in [0.29, 0.717) is 44.6 Å². The summed E-state index contributed by atoms with van der Waals surface area (Å²) in [5.41, 5.74) is 0. The molecule has 2 aliphatic rings. The second kappa shape index (κ2) is 12.1. The monoisotopic (exact) mass is 506 g/mol. The molecule has 2 fully saturated rings. The third-order valence-corrected chi connectivity index (χ3v) is 6.86. The first-order valence-electron chi connectivity index (χ1n) is 12.1. The molecule has 3 atom stereocenters. The van der Waals surface area contributed by atoms with Gasteiger partial charge in [0, 0.05) is 33.0 Å². The number of amides is 4. The Morgan fingerprint density at radius 3 is 2.71 bits per heavy atom. The van der Waals surface area contributed by atoms with E-state index in [0.717, 1.165) is 12.8 Å². The molecule has 0 radical (unpaired) electrons. The van der Waals surface area contributed by atoms with Gasteiger partial charge in [-0.25, -0.2) is 5.10 Å². The van der Waals surface area contributed by atoms with E-state index in [9.17, 15) is 19.2 Å². The fourth-order valence-corrected chi connectivity index (χ4v) is 4.77. The van der Waals surface area contributed by atoms with Gasteiger partial charge in [0.1, 0.15) is 17.9 Å². The molecule has 4 amide bonds. The predicted octanol–water partition coefficient (Wildman–Crippen LogP) is -0.0338. The van der Waals surface area contributed by atoms with Crippen molar-refractivity contribution >= 4 is 40.8 Å². The number of aromatic nitrogens is 4. The highest BCUT2D eigenvalue weighted by atomic mass is 32.1. The Bertz CT molecular complexity index is 938. The minimum atomic E-state index is -0.854. The number of unbranched alkanes of at least 4 members (excludes halogenated alkanes) is 1. The summed E-state index contributed by atoms with van der Waals surface area (Å²) in [6.45, 7) is 4.84. The Balaban J connectivity index is 1.52. The van der Waals surface area contributed by atoms with E-state index < -0.39 is 18.0 Å². The van der Waals surface area contributed by atoms with Gasteiger partial charge in [0.2, 0.25) is 17.7 Å². The second-order valence-electron chi connectivity index (χ2n) is 9.64. The van der Waals surface area contributed by atoms with Crippen molar-refractivity contribution in [3.05, 3.63) is 5.82 Å². The molecule has 3 heterocycles. The van der Waals surface area contributed by atoms with Gasteiger partial charge in [0.15, 0.2) is 4.99 Å². The Kier molecular flexibility index (Phi) is 9.24. The molecule has 3 N–H and O–H groups in total. The topological polar surface area (TPSA) is 153 Å². The molecule has 3 rings (SSSR count). The summed E-state index contributed by atoms with van der Waals surface area (Å²) >= 11 is 5.11. The van der Waals surface area contributed by atoms with Crippen LogP contribution in [0.5, 0.6) is 0 Å². The highest BCUT2D eigenvalue weighted by Crippen LogP contribution is 2.31. The molecule has 192 valence electrons. The molecule has 1 aromatic heterocycles. The number of rotatable bonds is 8. The largest absolute Gasteiger partial charge is 0.344 e. The summed E-state index contributed by atoms with van der Waals surface area (Å²) < 4.78 is 0. The van der Waals surface area contributed by atoms with E-state index >= 15 is 0 Å². The van der Waals surface area contributed by atoms with Crippen LogP contribution in [0, 0.1) is 11.8 Å². The summed E-state index contributed by atoms with van der Waals surface area (Å²) in [5, 5.41) is 18.5. The zero-order valence-corrected chi connectivity index (χ0v) is 21.3. The molecule has 1 aromatic rings. The lowest BCUT2D eigenvalue weighted by atomic mass is 9.97. The van der Waals surface area contributed by atoms with Gasteiger partial charge in [0.05, 0.1) is 0 Å². The number of likely N-dealkylation sites (N-methyl/N-ethyl adjacent to an activating group) is 1. The van der Waals surface area contributed by atoms with Crippen LogP contribution in [-0.4, -0.2) is 91.3 Å². The van der Waals surface area contributed by atoms with Gasteiger partial charge in [-0.3, -0.25) is 19.2 Å². The maximum Gasteiger partial charge on any atom is 0.279 e. The molecule has 13 heteroatoms. The number of hydrogen-bond acceptors (Lipinski definition) is 8. The Morgan fingerprint density at radius 1 is 1.26 bits per heavy atom. The van der Waals surface area contributed by atoms with Crippen molar-refractivity contribution in [3.8, 4) is 0 Å². The fraction of sp³-hybridized carbons (Fsp3) is 0.727. The third-order valence-electron chi connectivity index (χ3n) is 6.57. The van der Waals surface area contributed by atoms with Crippen LogP contribution in [0.1, 0.15) is 58.2 Å². The molecule has 2 saturated heterocycles. The van der Waals surface area contributed by atoms with E-state index in [4.69, 9.17) is 12.2 Å². The number of fused-ring (bicyclic) bond motifs is 2. The van der Waals surface area contributed by atoms with Crippen molar-refractivity contribution in [2.75, 3.05) is 20.1 Å². The Labute approximate surface area is 209 Å². The van der Waals surface area contributed by atoms with Crippen LogP contribution in [0.15, 0.2) is 0 Å². The maximum absolute atomic E-state index is 13.5. The fourth-order valence-electron chi connectivity index (χ4n) is 4.60. The zero-order valence-electron chi connectivity index (χ0n) is 20.5. The lowest BCUT2D eigenvalue weighted by Gasteiger charge is -2.32. The van der Waals surface area contributed by atoms with Crippen LogP contribution in [-0.2, 0) is 25.6 Å².